The highest BCUT2D eigenvalue weighted by Crippen LogP contribution is 2.24. The Hall–Kier alpha value is -1.76. The van der Waals surface area contributed by atoms with Crippen LogP contribution in [0.1, 0.15) is 5.56 Å². The summed E-state index contributed by atoms with van der Waals surface area (Å²) in [6.45, 7) is 2.09. The fourth-order valence-electron chi connectivity index (χ4n) is 1.61. The van der Waals surface area contributed by atoms with Crippen LogP contribution in [0.3, 0.4) is 0 Å². The normalized spacial score (nSPS) is 10.0. The largest absolute Gasteiger partial charge is 0.497 e. The van der Waals surface area contributed by atoms with Crippen LogP contribution >= 0.6 is 0 Å². The number of hydrogen-bond donors (Lipinski definition) is 0. The van der Waals surface area contributed by atoms with Crippen LogP contribution in [0.5, 0.6) is 5.75 Å². The molecule has 0 spiro atoms. The molecule has 0 amide bonds. The smallest absolute Gasteiger partial charge is 0.118 e. The second-order valence-electron chi connectivity index (χ2n) is 3.47. The maximum Gasteiger partial charge on any atom is 0.118 e. The van der Waals surface area contributed by atoms with E-state index in [1.807, 2.05) is 24.3 Å². The standard InChI is InChI=1S/C14H13O/c1-11-5-3-4-6-14(11)12-7-9-13(15-2)10-8-12/h4-10H,1-2H3. The summed E-state index contributed by atoms with van der Waals surface area (Å²) in [5.41, 5.74) is 3.70. The Labute approximate surface area is 90.3 Å². The SMILES string of the molecule is COc1ccc(-c2cc[c]cc2C)cc1. The highest BCUT2D eigenvalue weighted by molar-refractivity contribution is 5.67. The number of rotatable bonds is 2. The highest BCUT2D eigenvalue weighted by Gasteiger charge is 2.00. The van der Waals surface area contributed by atoms with Crippen molar-refractivity contribution in [3.8, 4) is 16.9 Å². The predicted octanol–water partition coefficient (Wildman–Crippen LogP) is 3.47. The van der Waals surface area contributed by atoms with Crippen molar-refractivity contribution in [1.82, 2.24) is 0 Å². The van der Waals surface area contributed by atoms with Crippen molar-refractivity contribution >= 4 is 0 Å². The van der Waals surface area contributed by atoms with Crippen LogP contribution in [0.25, 0.3) is 11.1 Å². The molecule has 1 radical (unpaired) electrons. The molecule has 1 heteroatoms. The second-order valence-corrected chi connectivity index (χ2v) is 3.47. The average molecular weight is 197 g/mol. The minimum Gasteiger partial charge on any atom is -0.497 e. The minimum atomic E-state index is 0.888. The van der Waals surface area contributed by atoms with E-state index in [2.05, 4.69) is 31.2 Å². The summed E-state index contributed by atoms with van der Waals surface area (Å²) >= 11 is 0. The van der Waals surface area contributed by atoms with E-state index in [4.69, 9.17) is 4.74 Å². The molecule has 0 aliphatic rings. The van der Waals surface area contributed by atoms with Crippen molar-refractivity contribution in [2.45, 2.75) is 6.92 Å². The lowest BCUT2D eigenvalue weighted by molar-refractivity contribution is 0.415. The second kappa shape index (κ2) is 4.18. The van der Waals surface area contributed by atoms with E-state index >= 15 is 0 Å². The summed E-state index contributed by atoms with van der Waals surface area (Å²) in [5, 5.41) is 0. The Kier molecular flexibility index (Phi) is 2.72. The van der Waals surface area contributed by atoms with Gasteiger partial charge in [-0.25, -0.2) is 0 Å². The Morgan fingerprint density at radius 3 is 2.40 bits per heavy atom. The number of benzene rings is 2. The van der Waals surface area contributed by atoms with Gasteiger partial charge in [-0.3, -0.25) is 0 Å². The summed E-state index contributed by atoms with van der Waals surface area (Å²) in [4.78, 5) is 0. The molecule has 2 aromatic carbocycles. The van der Waals surface area contributed by atoms with E-state index in [1.165, 1.54) is 16.7 Å². The summed E-state index contributed by atoms with van der Waals surface area (Å²) in [6, 6.07) is 17.2. The molecule has 0 unspecified atom stereocenters. The lowest BCUT2D eigenvalue weighted by Crippen LogP contribution is -1.84. The van der Waals surface area contributed by atoms with Crippen LogP contribution < -0.4 is 4.74 Å². The van der Waals surface area contributed by atoms with Gasteiger partial charge in [0.1, 0.15) is 5.75 Å². The van der Waals surface area contributed by atoms with Crippen LogP contribution in [0.4, 0.5) is 0 Å². The zero-order valence-electron chi connectivity index (χ0n) is 8.95. The fourth-order valence-corrected chi connectivity index (χ4v) is 1.61. The van der Waals surface area contributed by atoms with Gasteiger partial charge >= 0.3 is 0 Å². The zero-order valence-corrected chi connectivity index (χ0v) is 8.95. The van der Waals surface area contributed by atoms with Gasteiger partial charge in [-0.05, 0) is 41.8 Å². The molecule has 0 N–H and O–H groups in total. The molecule has 0 heterocycles. The van der Waals surface area contributed by atoms with Crippen LogP contribution in [-0.2, 0) is 0 Å². The molecule has 15 heavy (non-hydrogen) atoms. The highest BCUT2D eigenvalue weighted by atomic mass is 16.5. The van der Waals surface area contributed by atoms with E-state index in [0.717, 1.165) is 5.75 Å². The molecule has 1 nitrogen and oxygen atoms in total. The molecule has 0 saturated heterocycles. The number of hydrogen-bond acceptors (Lipinski definition) is 1. The van der Waals surface area contributed by atoms with Crippen LogP contribution in [0.2, 0.25) is 0 Å². The number of aryl methyl sites for hydroxylation is 1. The van der Waals surface area contributed by atoms with Crippen molar-refractivity contribution in [3.05, 3.63) is 54.1 Å². The number of methoxy groups -OCH3 is 1. The first-order valence-electron chi connectivity index (χ1n) is 4.92. The maximum absolute atomic E-state index is 5.13. The van der Waals surface area contributed by atoms with Gasteiger partial charge in [0.15, 0.2) is 0 Å². The molecule has 0 aliphatic heterocycles. The van der Waals surface area contributed by atoms with Gasteiger partial charge in [0.2, 0.25) is 0 Å². The van der Waals surface area contributed by atoms with Crippen LogP contribution in [-0.4, -0.2) is 7.11 Å². The van der Waals surface area contributed by atoms with Crippen molar-refractivity contribution in [1.29, 1.82) is 0 Å². The first-order chi connectivity index (χ1) is 7.31. The Bertz CT molecular complexity index is 443. The maximum atomic E-state index is 5.13. The Morgan fingerprint density at radius 2 is 1.80 bits per heavy atom. The molecular weight excluding hydrogens is 184 g/mol. The lowest BCUT2D eigenvalue weighted by Gasteiger charge is -2.06. The quantitative estimate of drug-likeness (QED) is 0.716. The van der Waals surface area contributed by atoms with Crippen molar-refractivity contribution < 1.29 is 4.74 Å². The third-order valence-electron chi connectivity index (χ3n) is 2.47. The third kappa shape index (κ3) is 2.01. The average Bonchev–Trinajstić information content (AvgIpc) is 2.30. The Morgan fingerprint density at radius 1 is 1.07 bits per heavy atom. The van der Waals surface area contributed by atoms with Gasteiger partial charge in [0, 0.05) is 0 Å². The van der Waals surface area contributed by atoms with Crippen molar-refractivity contribution in [2.75, 3.05) is 7.11 Å². The summed E-state index contributed by atoms with van der Waals surface area (Å²) in [6.07, 6.45) is 0. The van der Waals surface area contributed by atoms with Crippen molar-refractivity contribution in [3.63, 3.8) is 0 Å². The van der Waals surface area contributed by atoms with E-state index in [0.29, 0.717) is 0 Å². The van der Waals surface area contributed by atoms with Crippen LogP contribution in [0.15, 0.2) is 42.5 Å². The summed E-state index contributed by atoms with van der Waals surface area (Å²) in [5.74, 6) is 0.888. The first-order valence-corrected chi connectivity index (χ1v) is 4.92. The minimum absolute atomic E-state index is 0.888. The van der Waals surface area contributed by atoms with E-state index in [1.54, 1.807) is 7.11 Å². The molecule has 0 bridgehead atoms. The van der Waals surface area contributed by atoms with Gasteiger partial charge in [-0.2, -0.15) is 0 Å². The van der Waals surface area contributed by atoms with Gasteiger partial charge < -0.3 is 4.74 Å². The van der Waals surface area contributed by atoms with Gasteiger partial charge in [-0.1, -0.05) is 30.3 Å². The van der Waals surface area contributed by atoms with E-state index in [9.17, 15) is 0 Å². The van der Waals surface area contributed by atoms with E-state index in [-0.39, 0.29) is 0 Å². The summed E-state index contributed by atoms with van der Waals surface area (Å²) in [7, 11) is 1.68. The molecule has 0 atom stereocenters. The monoisotopic (exact) mass is 197 g/mol. The molecular formula is C14H13O. The summed E-state index contributed by atoms with van der Waals surface area (Å²) < 4.78 is 5.13. The number of ether oxygens (including phenoxy) is 1. The molecule has 2 rings (SSSR count). The Balaban J connectivity index is 2.42. The van der Waals surface area contributed by atoms with Crippen molar-refractivity contribution in [2.24, 2.45) is 0 Å². The lowest BCUT2D eigenvalue weighted by atomic mass is 10.0. The molecule has 2 aromatic rings. The zero-order chi connectivity index (χ0) is 10.7. The van der Waals surface area contributed by atoms with Crippen LogP contribution in [0, 0.1) is 13.0 Å². The molecule has 0 saturated carbocycles. The van der Waals surface area contributed by atoms with Gasteiger partial charge in [0.25, 0.3) is 0 Å². The third-order valence-corrected chi connectivity index (χ3v) is 2.47. The molecule has 0 aromatic heterocycles. The topological polar surface area (TPSA) is 9.23 Å². The first kappa shape index (κ1) is 9.78. The fraction of sp³-hybridized carbons (Fsp3) is 0.143. The van der Waals surface area contributed by atoms with Gasteiger partial charge in [-0.15, -0.1) is 0 Å². The molecule has 0 fully saturated rings. The molecule has 0 aliphatic carbocycles. The predicted molar refractivity (Wildman–Crippen MR) is 62.0 cm³/mol. The van der Waals surface area contributed by atoms with E-state index < -0.39 is 0 Å². The van der Waals surface area contributed by atoms with Gasteiger partial charge in [0.05, 0.1) is 7.11 Å². The molecule has 75 valence electrons.